The highest BCUT2D eigenvalue weighted by Crippen LogP contribution is 2.19. The monoisotopic (exact) mass is 413 g/mol. The van der Waals surface area contributed by atoms with Crippen molar-refractivity contribution in [2.24, 2.45) is 0 Å². The van der Waals surface area contributed by atoms with E-state index >= 15 is 0 Å². The molecule has 0 aliphatic heterocycles. The summed E-state index contributed by atoms with van der Waals surface area (Å²) in [7, 11) is 0. The number of nitrogens with zero attached hydrogens (tertiary/aromatic N) is 2. The van der Waals surface area contributed by atoms with E-state index in [1.807, 2.05) is 30.3 Å². The molecule has 31 heavy (non-hydrogen) atoms. The molecule has 0 saturated carbocycles. The standard InChI is InChI=1S/C24H19N3O4/c1-16(28)25-18-11-13-19(14-12-18)31-24(30)22-20-9-5-6-10-21(20)23(29)27(26-22)15-17-7-3-2-4-8-17/h2-14H,15H2,1H3,(H,25,28). The van der Waals surface area contributed by atoms with Crippen LogP contribution in [-0.2, 0) is 11.3 Å². The van der Waals surface area contributed by atoms with Gasteiger partial charge in [0.25, 0.3) is 5.56 Å². The highest BCUT2D eigenvalue weighted by molar-refractivity contribution is 6.02. The first-order valence-electron chi connectivity index (χ1n) is 9.65. The molecule has 0 bridgehead atoms. The summed E-state index contributed by atoms with van der Waals surface area (Å²) in [6.45, 7) is 1.64. The van der Waals surface area contributed by atoms with Crippen LogP contribution in [0.4, 0.5) is 5.69 Å². The maximum Gasteiger partial charge on any atom is 0.364 e. The maximum atomic E-state index is 12.9. The van der Waals surface area contributed by atoms with Crippen LogP contribution in [0.2, 0.25) is 0 Å². The average molecular weight is 413 g/mol. The van der Waals surface area contributed by atoms with E-state index in [2.05, 4.69) is 10.4 Å². The van der Waals surface area contributed by atoms with Crippen LogP contribution in [0.15, 0.2) is 83.7 Å². The summed E-state index contributed by atoms with van der Waals surface area (Å²) < 4.78 is 6.76. The van der Waals surface area contributed by atoms with E-state index in [9.17, 15) is 14.4 Å². The molecule has 154 valence electrons. The number of aromatic nitrogens is 2. The number of carbonyl (C=O) groups excluding carboxylic acids is 2. The highest BCUT2D eigenvalue weighted by atomic mass is 16.5. The number of ether oxygens (including phenoxy) is 1. The highest BCUT2D eigenvalue weighted by Gasteiger charge is 2.19. The van der Waals surface area contributed by atoms with Gasteiger partial charge in [-0.3, -0.25) is 9.59 Å². The van der Waals surface area contributed by atoms with Crippen molar-refractivity contribution >= 4 is 28.3 Å². The van der Waals surface area contributed by atoms with Crippen LogP contribution in [0, 0.1) is 0 Å². The smallest absolute Gasteiger partial charge is 0.364 e. The molecule has 7 heteroatoms. The van der Waals surface area contributed by atoms with Crippen molar-refractivity contribution in [3.63, 3.8) is 0 Å². The Bertz CT molecular complexity index is 1310. The van der Waals surface area contributed by atoms with Crippen LogP contribution in [-0.4, -0.2) is 21.7 Å². The topological polar surface area (TPSA) is 90.3 Å². The van der Waals surface area contributed by atoms with Gasteiger partial charge in [0.05, 0.1) is 11.9 Å². The van der Waals surface area contributed by atoms with Gasteiger partial charge in [-0.25, -0.2) is 9.48 Å². The van der Waals surface area contributed by atoms with Crippen LogP contribution < -0.4 is 15.6 Å². The molecule has 1 aromatic heterocycles. The second-order valence-corrected chi connectivity index (χ2v) is 6.94. The first-order valence-corrected chi connectivity index (χ1v) is 9.65. The van der Waals surface area contributed by atoms with Crippen LogP contribution in [0.1, 0.15) is 23.0 Å². The molecular weight excluding hydrogens is 394 g/mol. The minimum absolute atomic E-state index is 0.0528. The fourth-order valence-electron chi connectivity index (χ4n) is 3.21. The number of fused-ring (bicyclic) bond motifs is 1. The molecule has 1 heterocycles. The Labute approximate surface area is 177 Å². The van der Waals surface area contributed by atoms with Crippen molar-refractivity contribution in [2.45, 2.75) is 13.5 Å². The Kier molecular flexibility index (Phi) is 5.57. The molecule has 4 rings (SSSR count). The summed E-state index contributed by atoms with van der Waals surface area (Å²) >= 11 is 0. The lowest BCUT2D eigenvalue weighted by Crippen LogP contribution is -2.27. The first-order chi connectivity index (χ1) is 15.0. The number of hydrogen-bond donors (Lipinski definition) is 1. The van der Waals surface area contributed by atoms with Gasteiger partial charge in [0.2, 0.25) is 5.91 Å². The molecule has 7 nitrogen and oxygen atoms in total. The van der Waals surface area contributed by atoms with Crippen molar-refractivity contribution in [1.82, 2.24) is 9.78 Å². The Hall–Kier alpha value is -4.26. The van der Waals surface area contributed by atoms with Crippen LogP contribution >= 0.6 is 0 Å². The molecule has 1 N–H and O–H groups in total. The summed E-state index contributed by atoms with van der Waals surface area (Å²) in [4.78, 5) is 37.0. The molecule has 0 saturated heterocycles. The average Bonchev–Trinajstić information content (AvgIpc) is 2.77. The molecule has 0 fully saturated rings. The van der Waals surface area contributed by atoms with Gasteiger partial charge in [-0.2, -0.15) is 5.10 Å². The van der Waals surface area contributed by atoms with E-state index in [0.717, 1.165) is 5.56 Å². The zero-order valence-corrected chi connectivity index (χ0v) is 16.7. The van der Waals surface area contributed by atoms with Gasteiger partial charge in [-0.15, -0.1) is 0 Å². The van der Waals surface area contributed by atoms with Gasteiger partial charge in [0, 0.05) is 18.0 Å². The predicted octanol–water partition coefficient (Wildman–Crippen LogP) is 3.62. The number of anilines is 1. The summed E-state index contributed by atoms with van der Waals surface area (Å²) in [5.41, 5.74) is 1.25. The number of benzene rings is 3. The molecule has 4 aromatic rings. The van der Waals surface area contributed by atoms with Crippen LogP contribution in [0.3, 0.4) is 0 Å². The van der Waals surface area contributed by atoms with E-state index in [1.54, 1.807) is 48.5 Å². The largest absolute Gasteiger partial charge is 0.422 e. The van der Waals surface area contributed by atoms with E-state index in [1.165, 1.54) is 11.6 Å². The third kappa shape index (κ3) is 4.51. The van der Waals surface area contributed by atoms with Gasteiger partial charge in [-0.1, -0.05) is 48.5 Å². The van der Waals surface area contributed by atoms with Gasteiger partial charge < -0.3 is 10.1 Å². The number of rotatable bonds is 5. The second kappa shape index (κ2) is 8.62. The molecule has 0 atom stereocenters. The molecule has 0 aliphatic carbocycles. The second-order valence-electron chi connectivity index (χ2n) is 6.94. The van der Waals surface area contributed by atoms with Gasteiger partial charge >= 0.3 is 5.97 Å². The number of nitrogens with one attached hydrogen (secondary N) is 1. The first kappa shape index (κ1) is 20.0. The molecule has 1 amide bonds. The van der Waals surface area contributed by atoms with E-state index < -0.39 is 5.97 Å². The molecule has 0 aliphatic rings. The quantitative estimate of drug-likeness (QED) is 0.399. The van der Waals surface area contributed by atoms with Crippen molar-refractivity contribution in [2.75, 3.05) is 5.32 Å². The van der Waals surface area contributed by atoms with Gasteiger partial charge in [0.1, 0.15) is 5.75 Å². The lowest BCUT2D eigenvalue weighted by atomic mass is 10.1. The Balaban J connectivity index is 1.69. The summed E-state index contributed by atoms with van der Waals surface area (Å²) in [5.74, 6) is -0.572. The minimum Gasteiger partial charge on any atom is -0.422 e. The number of amides is 1. The third-order valence-corrected chi connectivity index (χ3v) is 4.62. The lowest BCUT2D eigenvalue weighted by Gasteiger charge is -2.11. The maximum absolute atomic E-state index is 12.9. The number of carbonyl (C=O) groups is 2. The van der Waals surface area contributed by atoms with Gasteiger partial charge in [-0.05, 0) is 35.9 Å². The van der Waals surface area contributed by atoms with Crippen molar-refractivity contribution in [1.29, 1.82) is 0 Å². The fourth-order valence-corrected chi connectivity index (χ4v) is 3.21. The third-order valence-electron chi connectivity index (χ3n) is 4.62. The minimum atomic E-state index is -0.676. The zero-order valence-electron chi connectivity index (χ0n) is 16.7. The SMILES string of the molecule is CC(=O)Nc1ccc(OC(=O)c2nn(Cc3ccccc3)c(=O)c3ccccc23)cc1. The van der Waals surface area contributed by atoms with Crippen molar-refractivity contribution in [3.8, 4) is 5.75 Å². The number of esters is 1. The molecule has 0 spiro atoms. The van der Waals surface area contributed by atoms with Crippen molar-refractivity contribution in [3.05, 3.63) is 100 Å². The van der Waals surface area contributed by atoms with E-state index in [0.29, 0.717) is 22.2 Å². The molecule has 0 unspecified atom stereocenters. The Morgan fingerprint density at radius 1 is 0.903 bits per heavy atom. The summed E-state index contributed by atoms with van der Waals surface area (Å²) in [6.07, 6.45) is 0. The lowest BCUT2D eigenvalue weighted by molar-refractivity contribution is -0.114. The summed E-state index contributed by atoms with van der Waals surface area (Å²) in [6, 6.07) is 22.6. The Morgan fingerprint density at radius 2 is 1.55 bits per heavy atom. The van der Waals surface area contributed by atoms with Gasteiger partial charge in [0.15, 0.2) is 5.69 Å². The summed E-state index contributed by atoms with van der Waals surface area (Å²) in [5, 5.41) is 7.79. The molecule has 0 radical (unpaired) electrons. The Morgan fingerprint density at radius 3 is 2.23 bits per heavy atom. The molecule has 3 aromatic carbocycles. The predicted molar refractivity (Wildman–Crippen MR) is 117 cm³/mol. The van der Waals surface area contributed by atoms with E-state index in [4.69, 9.17) is 4.74 Å². The fraction of sp³-hybridized carbons (Fsp3) is 0.0833. The van der Waals surface area contributed by atoms with Crippen LogP contribution in [0.25, 0.3) is 10.8 Å². The van der Waals surface area contributed by atoms with Crippen LogP contribution in [0.5, 0.6) is 5.75 Å². The zero-order chi connectivity index (χ0) is 21.8. The van der Waals surface area contributed by atoms with Crippen molar-refractivity contribution < 1.29 is 14.3 Å². The normalized spacial score (nSPS) is 10.6. The molecular formula is C24H19N3O4. The van der Waals surface area contributed by atoms with E-state index in [-0.39, 0.29) is 23.7 Å². The number of hydrogen-bond acceptors (Lipinski definition) is 5.